The van der Waals surface area contributed by atoms with Crippen LogP contribution in [0.15, 0.2) is 66.7 Å². The zero-order valence-electron chi connectivity index (χ0n) is 14.4. The number of piperidine rings is 1. The summed E-state index contributed by atoms with van der Waals surface area (Å²) in [5.74, 6) is 1.52. The quantitative estimate of drug-likeness (QED) is 0.687. The van der Waals surface area contributed by atoms with Gasteiger partial charge in [0.1, 0.15) is 11.4 Å². The van der Waals surface area contributed by atoms with Gasteiger partial charge in [0.25, 0.3) is 0 Å². The third kappa shape index (κ3) is 2.52. The average molecular weight is 329 g/mol. The molecule has 3 aromatic rings. The maximum atomic E-state index is 6.79. The van der Waals surface area contributed by atoms with Gasteiger partial charge in [-0.05, 0) is 43.3 Å². The van der Waals surface area contributed by atoms with Crippen LogP contribution in [0.1, 0.15) is 36.3 Å². The van der Waals surface area contributed by atoms with Gasteiger partial charge < -0.3 is 10.1 Å². The molecule has 2 aliphatic heterocycles. The van der Waals surface area contributed by atoms with Gasteiger partial charge in [-0.2, -0.15) is 0 Å². The molecular weight excluding hydrogens is 306 g/mol. The van der Waals surface area contributed by atoms with E-state index in [2.05, 4.69) is 72.0 Å². The maximum Gasteiger partial charge on any atom is 0.131 e. The van der Waals surface area contributed by atoms with Crippen LogP contribution >= 0.6 is 0 Å². The Morgan fingerprint density at radius 1 is 0.840 bits per heavy atom. The van der Waals surface area contributed by atoms with E-state index >= 15 is 0 Å². The van der Waals surface area contributed by atoms with Gasteiger partial charge in [0.15, 0.2) is 0 Å². The second kappa shape index (κ2) is 5.89. The van der Waals surface area contributed by atoms with Gasteiger partial charge in [0, 0.05) is 16.9 Å². The lowest BCUT2D eigenvalue weighted by Gasteiger charge is -2.45. The Balaban J connectivity index is 1.71. The topological polar surface area (TPSA) is 21.3 Å². The Morgan fingerprint density at radius 3 is 2.44 bits per heavy atom. The number of hydrogen-bond acceptors (Lipinski definition) is 2. The van der Waals surface area contributed by atoms with Crippen molar-refractivity contribution in [3.63, 3.8) is 0 Å². The molecule has 1 fully saturated rings. The van der Waals surface area contributed by atoms with Gasteiger partial charge in [0.2, 0.25) is 0 Å². The van der Waals surface area contributed by atoms with Gasteiger partial charge >= 0.3 is 0 Å². The second-order valence-electron chi connectivity index (χ2n) is 7.41. The number of rotatable bonds is 1. The Morgan fingerprint density at radius 2 is 1.60 bits per heavy atom. The van der Waals surface area contributed by atoms with Crippen LogP contribution in [0.3, 0.4) is 0 Å². The number of benzene rings is 3. The molecule has 2 heteroatoms. The van der Waals surface area contributed by atoms with Gasteiger partial charge in [-0.3, -0.25) is 0 Å². The summed E-state index contributed by atoms with van der Waals surface area (Å²) in [5.41, 5.74) is 2.71. The van der Waals surface area contributed by atoms with E-state index in [0.29, 0.717) is 5.92 Å². The molecule has 2 aliphatic rings. The van der Waals surface area contributed by atoms with E-state index < -0.39 is 0 Å². The summed E-state index contributed by atoms with van der Waals surface area (Å²) < 4.78 is 6.79. The molecule has 3 aromatic carbocycles. The highest BCUT2D eigenvalue weighted by Crippen LogP contribution is 2.49. The van der Waals surface area contributed by atoms with E-state index in [0.717, 1.165) is 38.1 Å². The fraction of sp³-hybridized carbons (Fsp3) is 0.304. The summed E-state index contributed by atoms with van der Waals surface area (Å²) in [6.07, 6.45) is 3.24. The van der Waals surface area contributed by atoms with Crippen LogP contribution < -0.4 is 10.1 Å². The molecule has 1 saturated heterocycles. The molecule has 0 aliphatic carbocycles. The first-order valence-electron chi connectivity index (χ1n) is 9.31. The Bertz CT molecular complexity index is 896. The molecule has 0 aromatic heterocycles. The van der Waals surface area contributed by atoms with Crippen molar-refractivity contribution >= 4 is 10.8 Å². The summed E-state index contributed by atoms with van der Waals surface area (Å²) in [6, 6.07) is 24.1. The molecule has 1 spiro atoms. The molecule has 25 heavy (non-hydrogen) atoms. The van der Waals surface area contributed by atoms with Crippen molar-refractivity contribution in [3.8, 4) is 5.75 Å². The molecular formula is C23H23NO. The summed E-state index contributed by atoms with van der Waals surface area (Å²) in [6.45, 7) is 2.09. The van der Waals surface area contributed by atoms with Crippen molar-refractivity contribution < 1.29 is 4.74 Å². The minimum atomic E-state index is -0.0388. The Labute approximate surface area is 148 Å². The third-order valence-electron chi connectivity index (χ3n) is 5.90. The molecule has 0 amide bonds. The van der Waals surface area contributed by atoms with E-state index in [-0.39, 0.29) is 5.60 Å². The lowest BCUT2D eigenvalue weighted by atomic mass is 9.74. The molecule has 1 N–H and O–H groups in total. The summed E-state index contributed by atoms with van der Waals surface area (Å²) in [5, 5.41) is 6.00. The summed E-state index contributed by atoms with van der Waals surface area (Å²) in [4.78, 5) is 0. The molecule has 0 radical (unpaired) electrons. The van der Waals surface area contributed by atoms with Gasteiger partial charge in [0.05, 0.1) is 0 Å². The lowest BCUT2D eigenvalue weighted by Crippen LogP contribution is -2.49. The number of fused-ring (bicyclic) bond motifs is 3. The molecule has 5 rings (SSSR count). The molecule has 0 saturated carbocycles. The van der Waals surface area contributed by atoms with E-state index in [1.807, 2.05) is 0 Å². The molecule has 0 bridgehead atoms. The van der Waals surface area contributed by atoms with E-state index in [1.54, 1.807) is 0 Å². The van der Waals surface area contributed by atoms with Crippen LogP contribution in [0.5, 0.6) is 5.75 Å². The van der Waals surface area contributed by atoms with Gasteiger partial charge in [-0.1, -0.05) is 66.7 Å². The predicted molar refractivity (Wildman–Crippen MR) is 102 cm³/mol. The van der Waals surface area contributed by atoms with Crippen molar-refractivity contribution in [2.45, 2.75) is 30.8 Å². The zero-order valence-corrected chi connectivity index (χ0v) is 14.4. The first kappa shape index (κ1) is 15.0. The number of ether oxygens (including phenoxy) is 1. The standard InChI is InChI=1S/C23H23NO/c1-2-6-17(7-3-1)21-16-23(12-14-24-15-13-23)25-22-19-9-5-4-8-18(19)10-11-20(21)22/h1-11,21,24H,12-16H2. The van der Waals surface area contributed by atoms with Crippen LogP contribution in [0.4, 0.5) is 0 Å². The third-order valence-corrected chi connectivity index (χ3v) is 5.90. The molecule has 2 heterocycles. The maximum absolute atomic E-state index is 6.79. The second-order valence-corrected chi connectivity index (χ2v) is 7.41. The minimum Gasteiger partial charge on any atom is -0.486 e. The van der Waals surface area contributed by atoms with Crippen LogP contribution in [-0.2, 0) is 0 Å². The Hall–Kier alpha value is -2.32. The first-order chi connectivity index (χ1) is 12.3. The van der Waals surface area contributed by atoms with E-state index in [1.165, 1.54) is 21.9 Å². The highest BCUT2D eigenvalue weighted by molar-refractivity contribution is 5.90. The van der Waals surface area contributed by atoms with Crippen LogP contribution in [0, 0.1) is 0 Å². The monoisotopic (exact) mass is 329 g/mol. The van der Waals surface area contributed by atoms with Crippen molar-refractivity contribution in [1.82, 2.24) is 5.32 Å². The highest BCUT2D eigenvalue weighted by Gasteiger charge is 2.42. The summed E-state index contributed by atoms with van der Waals surface area (Å²) in [7, 11) is 0. The lowest BCUT2D eigenvalue weighted by molar-refractivity contribution is 0.0130. The smallest absolute Gasteiger partial charge is 0.131 e. The molecule has 2 nitrogen and oxygen atoms in total. The van der Waals surface area contributed by atoms with Crippen LogP contribution in [0.2, 0.25) is 0 Å². The zero-order chi connectivity index (χ0) is 16.7. The normalized spacial score (nSPS) is 21.7. The SMILES string of the molecule is c1ccc(C2CC3(CCNCC3)Oc3c2ccc2ccccc32)cc1. The highest BCUT2D eigenvalue weighted by atomic mass is 16.5. The summed E-state index contributed by atoms with van der Waals surface area (Å²) >= 11 is 0. The number of nitrogens with one attached hydrogen (secondary N) is 1. The van der Waals surface area contributed by atoms with Crippen molar-refractivity contribution in [1.29, 1.82) is 0 Å². The molecule has 1 unspecified atom stereocenters. The van der Waals surface area contributed by atoms with Gasteiger partial charge in [-0.25, -0.2) is 0 Å². The van der Waals surface area contributed by atoms with E-state index in [4.69, 9.17) is 4.74 Å². The van der Waals surface area contributed by atoms with Crippen molar-refractivity contribution in [2.75, 3.05) is 13.1 Å². The van der Waals surface area contributed by atoms with E-state index in [9.17, 15) is 0 Å². The fourth-order valence-corrected chi connectivity index (χ4v) is 4.56. The van der Waals surface area contributed by atoms with Gasteiger partial charge in [-0.15, -0.1) is 0 Å². The average Bonchev–Trinajstić information content (AvgIpc) is 2.69. The Kier molecular flexibility index (Phi) is 3.53. The van der Waals surface area contributed by atoms with Crippen molar-refractivity contribution in [3.05, 3.63) is 77.9 Å². The number of hydrogen-bond donors (Lipinski definition) is 1. The van der Waals surface area contributed by atoms with Crippen molar-refractivity contribution in [2.24, 2.45) is 0 Å². The minimum absolute atomic E-state index is 0.0388. The largest absolute Gasteiger partial charge is 0.486 e. The van der Waals surface area contributed by atoms with Crippen LogP contribution in [-0.4, -0.2) is 18.7 Å². The fourth-order valence-electron chi connectivity index (χ4n) is 4.56. The molecule has 1 atom stereocenters. The van der Waals surface area contributed by atoms with Crippen LogP contribution in [0.25, 0.3) is 10.8 Å². The molecule has 126 valence electrons. The first-order valence-corrected chi connectivity index (χ1v) is 9.31. The predicted octanol–water partition coefficient (Wildman–Crippen LogP) is 4.88.